The van der Waals surface area contributed by atoms with Gasteiger partial charge in [-0.15, -0.1) is 0 Å². The van der Waals surface area contributed by atoms with Crippen molar-refractivity contribution >= 4 is 15.5 Å². The van der Waals surface area contributed by atoms with Crippen LogP contribution in [0.1, 0.15) is 19.8 Å². The van der Waals surface area contributed by atoms with E-state index >= 15 is 0 Å². The third-order valence-electron chi connectivity index (χ3n) is 3.95. The lowest BCUT2D eigenvalue weighted by Crippen LogP contribution is -2.48. The van der Waals surface area contributed by atoms with Crippen LogP contribution in [0.4, 0.5) is 5.69 Å². The molecule has 1 aromatic carbocycles. The first-order valence-electron chi connectivity index (χ1n) is 6.70. The van der Waals surface area contributed by atoms with Crippen molar-refractivity contribution < 1.29 is 8.42 Å². The van der Waals surface area contributed by atoms with Crippen LogP contribution < -0.4 is 10.6 Å². The van der Waals surface area contributed by atoms with Gasteiger partial charge in [-0.1, -0.05) is 6.92 Å². The van der Waals surface area contributed by atoms with Gasteiger partial charge in [0, 0.05) is 31.1 Å². The number of benzene rings is 1. The van der Waals surface area contributed by atoms with Gasteiger partial charge in [0.05, 0.1) is 4.90 Å². The molecule has 0 radical (unpaired) electrons. The average molecular weight is 282 g/mol. The second-order valence-electron chi connectivity index (χ2n) is 5.38. The highest BCUT2D eigenvalue weighted by molar-refractivity contribution is 7.90. The van der Waals surface area contributed by atoms with Crippen molar-refractivity contribution in [3.63, 3.8) is 0 Å². The van der Waals surface area contributed by atoms with Gasteiger partial charge in [0.25, 0.3) is 0 Å². The zero-order valence-electron chi connectivity index (χ0n) is 11.5. The molecule has 2 N–H and O–H groups in total. The van der Waals surface area contributed by atoms with Crippen LogP contribution in [-0.4, -0.2) is 33.8 Å². The number of nitrogens with zero attached hydrogens (tertiary/aromatic N) is 1. The Balaban J connectivity index is 2.26. The van der Waals surface area contributed by atoms with Gasteiger partial charge in [0.2, 0.25) is 0 Å². The topological polar surface area (TPSA) is 63.4 Å². The van der Waals surface area contributed by atoms with Crippen molar-refractivity contribution in [2.24, 2.45) is 11.7 Å². The molecule has 2 rings (SSSR count). The lowest BCUT2D eigenvalue weighted by Gasteiger charge is -2.41. The molecule has 1 aromatic rings. The summed E-state index contributed by atoms with van der Waals surface area (Å²) in [5, 5.41) is 0. The van der Waals surface area contributed by atoms with Gasteiger partial charge < -0.3 is 10.6 Å². The van der Waals surface area contributed by atoms with E-state index in [9.17, 15) is 8.42 Å². The summed E-state index contributed by atoms with van der Waals surface area (Å²) in [4.78, 5) is 2.67. The quantitative estimate of drug-likeness (QED) is 0.915. The molecule has 2 unspecified atom stereocenters. The fraction of sp³-hybridized carbons (Fsp3) is 0.571. The van der Waals surface area contributed by atoms with E-state index in [0.717, 1.165) is 18.7 Å². The summed E-state index contributed by atoms with van der Waals surface area (Å²) in [5.41, 5.74) is 6.95. The molecule has 0 aliphatic carbocycles. The Labute approximate surface area is 115 Å². The van der Waals surface area contributed by atoms with Crippen LogP contribution in [0.5, 0.6) is 0 Å². The SMILES string of the molecule is CC1CCCN(c2ccc(S(C)(=O)=O)cc2)C1CN. The lowest BCUT2D eigenvalue weighted by atomic mass is 9.90. The Morgan fingerprint density at radius 1 is 1.32 bits per heavy atom. The van der Waals surface area contributed by atoms with Gasteiger partial charge in [-0.05, 0) is 43.0 Å². The van der Waals surface area contributed by atoms with Crippen molar-refractivity contribution in [1.29, 1.82) is 0 Å². The highest BCUT2D eigenvalue weighted by atomic mass is 32.2. The Kier molecular flexibility index (Phi) is 4.16. The van der Waals surface area contributed by atoms with Crippen LogP contribution >= 0.6 is 0 Å². The molecule has 1 aliphatic rings. The minimum atomic E-state index is -3.12. The molecule has 1 aliphatic heterocycles. The molecular formula is C14H22N2O2S. The molecular weight excluding hydrogens is 260 g/mol. The normalized spacial score (nSPS) is 24.5. The summed E-state index contributed by atoms with van der Waals surface area (Å²) < 4.78 is 22.9. The molecule has 0 bridgehead atoms. The molecule has 2 atom stereocenters. The third kappa shape index (κ3) is 3.09. The Morgan fingerprint density at radius 2 is 1.95 bits per heavy atom. The number of anilines is 1. The third-order valence-corrected chi connectivity index (χ3v) is 5.08. The van der Waals surface area contributed by atoms with Crippen molar-refractivity contribution in [1.82, 2.24) is 0 Å². The molecule has 4 nitrogen and oxygen atoms in total. The summed E-state index contributed by atoms with van der Waals surface area (Å²) in [7, 11) is -3.12. The average Bonchev–Trinajstić information content (AvgIpc) is 2.37. The van der Waals surface area contributed by atoms with E-state index in [4.69, 9.17) is 5.73 Å². The first-order valence-corrected chi connectivity index (χ1v) is 8.59. The minimum Gasteiger partial charge on any atom is -0.367 e. The Bertz CT molecular complexity index is 525. The molecule has 106 valence electrons. The Morgan fingerprint density at radius 3 is 2.47 bits per heavy atom. The monoisotopic (exact) mass is 282 g/mol. The van der Waals surface area contributed by atoms with Crippen LogP contribution in [-0.2, 0) is 9.84 Å². The zero-order chi connectivity index (χ0) is 14.0. The van der Waals surface area contributed by atoms with Crippen LogP contribution in [0.15, 0.2) is 29.2 Å². The predicted octanol–water partition coefficient (Wildman–Crippen LogP) is 1.65. The summed E-state index contributed by atoms with van der Waals surface area (Å²) >= 11 is 0. The van der Waals surface area contributed by atoms with E-state index < -0.39 is 9.84 Å². The molecule has 0 saturated carbocycles. The van der Waals surface area contributed by atoms with Crippen molar-refractivity contribution in [3.8, 4) is 0 Å². The van der Waals surface area contributed by atoms with Gasteiger partial charge >= 0.3 is 0 Å². The molecule has 5 heteroatoms. The molecule has 1 saturated heterocycles. The van der Waals surface area contributed by atoms with Crippen molar-refractivity contribution in [2.45, 2.75) is 30.7 Å². The zero-order valence-corrected chi connectivity index (χ0v) is 12.4. The van der Waals surface area contributed by atoms with E-state index in [1.807, 2.05) is 12.1 Å². The molecule has 1 fully saturated rings. The fourth-order valence-corrected chi connectivity index (χ4v) is 3.44. The maximum Gasteiger partial charge on any atom is 0.175 e. The largest absolute Gasteiger partial charge is 0.367 e. The molecule has 0 amide bonds. The van der Waals surface area contributed by atoms with Gasteiger partial charge in [-0.25, -0.2) is 8.42 Å². The number of sulfone groups is 1. The minimum absolute atomic E-state index is 0.345. The second-order valence-corrected chi connectivity index (χ2v) is 7.40. The van der Waals surface area contributed by atoms with Gasteiger partial charge in [0.1, 0.15) is 0 Å². The van der Waals surface area contributed by atoms with Crippen LogP contribution in [0.2, 0.25) is 0 Å². The molecule has 0 spiro atoms. The van der Waals surface area contributed by atoms with Gasteiger partial charge in [0.15, 0.2) is 9.84 Å². The number of piperidine rings is 1. The standard InChI is InChI=1S/C14H22N2O2S/c1-11-4-3-9-16(14(11)10-15)12-5-7-13(8-6-12)19(2,17)18/h5-8,11,14H,3-4,9-10,15H2,1-2H3. The van der Waals surface area contributed by atoms with Crippen LogP contribution in [0, 0.1) is 5.92 Å². The fourth-order valence-electron chi connectivity index (χ4n) is 2.81. The molecule has 0 aromatic heterocycles. The second kappa shape index (κ2) is 5.51. The van der Waals surface area contributed by atoms with Crippen LogP contribution in [0.3, 0.4) is 0 Å². The highest BCUT2D eigenvalue weighted by Gasteiger charge is 2.27. The van der Waals surface area contributed by atoms with E-state index in [0.29, 0.717) is 23.4 Å². The van der Waals surface area contributed by atoms with E-state index in [1.165, 1.54) is 12.7 Å². The first kappa shape index (κ1) is 14.3. The number of rotatable bonds is 3. The summed E-state index contributed by atoms with van der Waals surface area (Å²) in [6.07, 6.45) is 3.60. The summed E-state index contributed by atoms with van der Waals surface area (Å²) in [6.45, 7) is 3.86. The maximum atomic E-state index is 11.5. The van der Waals surface area contributed by atoms with Crippen LogP contribution in [0.25, 0.3) is 0 Å². The molecule has 1 heterocycles. The Hall–Kier alpha value is -1.07. The van der Waals surface area contributed by atoms with E-state index in [1.54, 1.807) is 12.1 Å². The van der Waals surface area contributed by atoms with Gasteiger partial charge in [-0.3, -0.25) is 0 Å². The summed E-state index contributed by atoms with van der Waals surface area (Å²) in [5.74, 6) is 0.577. The van der Waals surface area contributed by atoms with E-state index in [-0.39, 0.29) is 0 Å². The first-order chi connectivity index (χ1) is 8.93. The van der Waals surface area contributed by atoms with Crippen molar-refractivity contribution in [2.75, 3.05) is 24.2 Å². The maximum absolute atomic E-state index is 11.5. The number of nitrogens with two attached hydrogens (primary N) is 1. The highest BCUT2D eigenvalue weighted by Crippen LogP contribution is 2.28. The lowest BCUT2D eigenvalue weighted by molar-refractivity contribution is 0.350. The smallest absolute Gasteiger partial charge is 0.175 e. The molecule has 19 heavy (non-hydrogen) atoms. The number of hydrogen-bond acceptors (Lipinski definition) is 4. The summed E-state index contributed by atoms with van der Waals surface area (Å²) in [6, 6.07) is 7.47. The van der Waals surface area contributed by atoms with Crippen molar-refractivity contribution in [3.05, 3.63) is 24.3 Å². The van der Waals surface area contributed by atoms with Gasteiger partial charge in [-0.2, -0.15) is 0 Å². The number of hydrogen-bond donors (Lipinski definition) is 1. The predicted molar refractivity (Wildman–Crippen MR) is 78.1 cm³/mol. The van der Waals surface area contributed by atoms with E-state index in [2.05, 4.69) is 11.8 Å².